The van der Waals surface area contributed by atoms with E-state index in [9.17, 15) is 4.79 Å². The monoisotopic (exact) mass is 207 g/mol. The van der Waals surface area contributed by atoms with Crippen molar-refractivity contribution in [3.05, 3.63) is 24.2 Å². The summed E-state index contributed by atoms with van der Waals surface area (Å²) in [5.41, 5.74) is 0. The van der Waals surface area contributed by atoms with Crippen molar-refractivity contribution in [2.75, 3.05) is 13.6 Å². The number of hydrogen-bond donors (Lipinski definition) is 0. The lowest BCUT2D eigenvalue weighted by molar-refractivity contribution is -0.136. The second-order valence-electron chi connectivity index (χ2n) is 4.22. The molecule has 1 heterocycles. The van der Waals surface area contributed by atoms with Gasteiger partial charge in [-0.05, 0) is 25.0 Å². The zero-order valence-corrected chi connectivity index (χ0v) is 9.11. The molecule has 0 N–H and O–H groups in total. The number of carbonyl (C=O) groups excluding carboxylic acids is 1. The standard InChI is InChI=1S/C12H17NO2/c1-13(12(14)10-4-2-5-10)8-7-11-6-3-9-15-11/h3,6,9-10H,2,4-5,7-8H2,1H3. The molecule has 0 radical (unpaired) electrons. The van der Waals surface area contributed by atoms with Crippen molar-refractivity contribution in [1.82, 2.24) is 4.90 Å². The van der Waals surface area contributed by atoms with Crippen molar-refractivity contribution in [2.45, 2.75) is 25.7 Å². The van der Waals surface area contributed by atoms with Crippen LogP contribution in [-0.4, -0.2) is 24.4 Å². The number of hydrogen-bond acceptors (Lipinski definition) is 2. The summed E-state index contributed by atoms with van der Waals surface area (Å²) < 4.78 is 5.23. The molecule has 0 unspecified atom stereocenters. The lowest BCUT2D eigenvalue weighted by Crippen LogP contribution is -2.37. The van der Waals surface area contributed by atoms with Crippen molar-refractivity contribution in [1.29, 1.82) is 0 Å². The first-order chi connectivity index (χ1) is 7.27. The average Bonchev–Trinajstić information content (AvgIpc) is 2.63. The SMILES string of the molecule is CN(CCc1ccco1)C(=O)C1CCC1. The Kier molecular flexibility index (Phi) is 3.09. The first-order valence-electron chi connectivity index (χ1n) is 5.55. The van der Waals surface area contributed by atoms with Crippen molar-refractivity contribution < 1.29 is 9.21 Å². The topological polar surface area (TPSA) is 33.5 Å². The van der Waals surface area contributed by atoms with Gasteiger partial charge in [0.1, 0.15) is 5.76 Å². The molecule has 15 heavy (non-hydrogen) atoms. The minimum atomic E-state index is 0.298. The second kappa shape index (κ2) is 4.51. The van der Waals surface area contributed by atoms with Gasteiger partial charge in [0.25, 0.3) is 0 Å². The molecule has 0 aliphatic heterocycles. The first kappa shape index (κ1) is 10.3. The maximum atomic E-state index is 11.8. The van der Waals surface area contributed by atoms with Crippen molar-refractivity contribution >= 4 is 5.91 Å². The minimum absolute atomic E-state index is 0.298. The van der Waals surface area contributed by atoms with E-state index in [1.165, 1.54) is 6.42 Å². The Balaban J connectivity index is 1.76. The van der Waals surface area contributed by atoms with E-state index in [0.717, 1.165) is 31.6 Å². The molecule has 0 spiro atoms. The van der Waals surface area contributed by atoms with Crippen molar-refractivity contribution in [3.8, 4) is 0 Å². The molecule has 2 rings (SSSR count). The Hall–Kier alpha value is -1.25. The Morgan fingerprint density at radius 3 is 2.93 bits per heavy atom. The summed E-state index contributed by atoms with van der Waals surface area (Å²) in [4.78, 5) is 13.6. The third kappa shape index (κ3) is 2.41. The van der Waals surface area contributed by atoms with Gasteiger partial charge in [-0.15, -0.1) is 0 Å². The molecule has 3 nitrogen and oxygen atoms in total. The normalized spacial score (nSPS) is 16.1. The summed E-state index contributed by atoms with van der Waals surface area (Å²) in [6.07, 6.45) is 5.83. The molecular weight excluding hydrogens is 190 g/mol. The van der Waals surface area contributed by atoms with Gasteiger partial charge in [0.15, 0.2) is 0 Å². The van der Waals surface area contributed by atoms with E-state index in [4.69, 9.17) is 4.42 Å². The van der Waals surface area contributed by atoms with Crippen LogP contribution in [0.25, 0.3) is 0 Å². The molecule has 1 aliphatic rings. The fraction of sp³-hybridized carbons (Fsp3) is 0.583. The van der Waals surface area contributed by atoms with Gasteiger partial charge < -0.3 is 9.32 Å². The van der Waals surface area contributed by atoms with Crippen molar-refractivity contribution in [3.63, 3.8) is 0 Å². The van der Waals surface area contributed by atoms with Gasteiger partial charge >= 0.3 is 0 Å². The van der Waals surface area contributed by atoms with Gasteiger partial charge in [0.05, 0.1) is 6.26 Å². The molecule has 1 amide bonds. The van der Waals surface area contributed by atoms with Crippen LogP contribution < -0.4 is 0 Å². The Labute approximate surface area is 90.1 Å². The molecule has 0 bridgehead atoms. The van der Waals surface area contributed by atoms with Crippen LogP contribution in [0.3, 0.4) is 0 Å². The van der Waals surface area contributed by atoms with E-state index >= 15 is 0 Å². The average molecular weight is 207 g/mol. The van der Waals surface area contributed by atoms with E-state index in [0.29, 0.717) is 11.8 Å². The number of furan rings is 1. The highest BCUT2D eigenvalue weighted by Crippen LogP contribution is 2.27. The van der Waals surface area contributed by atoms with Gasteiger partial charge in [-0.2, -0.15) is 0 Å². The number of amides is 1. The van der Waals surface area contributed by atoms with Crippen LogP contribution in [-0.2, 0) is 11.2 Å². The zero-order valence-electron chi connectivity index (χ0n) is 9.11. The second-order valence-corrected chi connectivity index (χ2v) is 4.22. The van der Waals surface area contributed by atoms with Crippen LogP contribution in [0, 0.1) is 5.92 Å². The van der Waals surface area contributed by atoms with Gasteiger partial charge in [0, 0.05) is 25.9 Å². The van der Waals surface area contributed by atoms with E-state index in [1.807, 2.05) is 24.1 Å². The van der Waals surface area contributed by atoms with Gasteiger partial charge in [-0.25, -0.2) is 0 Å². The maximum Gasteiger partial charge on any atom is 0.225 e. The molecule has 1 aromatic rings. The quantitative estimate of drug-likeness (QED) is 0.757. The highest BCUT2D eigenvalue weighted by molar-refractivity contribution is 5.79. The Morgan fingerprint density at radius 1 is 1.60 bits per heavy atom. The van der Waals surface area contributed by atoms with Crippen LogP contribution in [0.1, 0.15) is 25.0 Å². The lowest BCUT2D eigenvalue weighted by Gasteiger charge is -2.29. The predicted octanol–water partition coefficient (Wildman–Crippen LogP) is 2.08. The van der Waals surface area contributed by atoms with Crippen LogP contribution in [0.15, 0.2) is 22.8 Å². The molecule has 1 aromatic heterocycles. The summed E-state index contributed by atoms with van der Waals surface area (Å²) in [6, 6.07) is 3.82. The predicted molar refractivity (Wildman–Crippen MR) is 57.4 cm³/mol. The fourth-order valence-electron chi connectivity index (χ4n) is 1.81. The highest BCUT2D eigenvalue weighted by atomic mass is 16.3. The fourth-order valence-corrected chi connectivity index (χ4v) is 1.81. The molecular formula is C12H17NO2. The summed E-state index contributed by atoms with van der Waals surface area (Å²) in [6.45, 7) is 0.753. The van der Waals surface area contributed by atoms with Gasteiger partial charge in [-0.1, -0.05) is 6.42 Å². The third-order valence-corrected chi connectivity index (χ3v) is 3.10. The summed E-state index contributed by atoms with van der Waals surface area (Å²) >= 11 is 0. The van der Waals surface area contributed by atoms with E-state index in [1.54, 1.807) is 6.26 Å². The summed E-state index contributed by atoms with van der Waals surface area (Å²) in [5.74, 6) is 1.54. The minimum Gasteiger partial charge on any atom is -0.469 e. The largest absolute Gasteiger partial charge is 0.469 e. The van der Waals surface area contributed by atoms with Gasteiger partial charge in [-0.3, -0.25) is 4.79 Å². The molecule has 1 aliphatic carbocycles. The summed E-state index contributed by atoms with van der Waals surface area (Å²) in [7, 11) is 1.88. The number of carbonyl (C=O) groups is 1. The lowest BCUT2D eigenvalue weighted by atomic mass is 9.84. The molecule has 82 valence electrons. The maximum absolute atomic E-state index is 11.8. The van der Waals surface area contributed by atoms with E-state index < -0.39 is 0 Å². The molecule has 0 atom stereocenters. The third-order valence-electron chi connectivity index (χ3n) is 3.10. The Morgan fingerprint density at radius 2 is 2.40 bits per heavy atom. The first-order valence-corrected chi connectivity index (χ1v) is 5.55. The molecule has 1 fully saturated rings. The smallest absolute Gasteiger partial charge is 0.225 e. The Bertz CT molecular complexity index is 314. The van der Waals surface area contributed by atoms with Gasteiger partial charge in [0.2, 0.25) is 5.91 Å². The highest BCUT2D eigenvalue weighted by Gasteiger charge is 2.27. The van der Waals surface area contributed by atoms with E-state index in [-0.39, 0.29) is 0 Å². The molecule has 1 saturated carbocycles. The van der Waals surface area contributed by atoms with Crippen LogP contribution in [0.5, 0.6) is 0 Å². The van der Waals surface area contributed by atoms with Crippen molar-refractivity contribution in [2.24, 2.45) is 5.92 Å². The van der Waals surface area contributed by atoms with Crippen LogP contribution >= 0.6 is 0 Å². The number of rotatable bonds is 4. The molecule has 0 saturated heterocycles. The van der Waals surface area contributed by atoms with E-state index in [2.05, 4.69) is 0 Å². The molecule has 0 aromatic carbocycles. The molecule has 3 heteroatoms. The van der Waals surface area contributed by atoms with Crippen LogP contribution in [0.2, 0.25) is 0 Å². The summed E-state index contributed by atoms with van der Waals surface area (Å²) in [5, 5.41) is 0. The zero-order chi connectivity index (χ0) is 10.7. The van der Waals surface area contributed by atoms with Crippen LogP contribution in [0.4, 0.5) is 0 Å². The number of nitrogens with zero attached hydrogens (tertiary/aromatic N) is 1. The number of likely N-dealkylation sites (N-methyl/N-ethyl adjacent to an activating group) is 1.